The molecule has 0 fully saturated rings. The van der Waals surface area contributed by atoms with Gasteiger partial charge in [0.1, 0.15) is 0 Å². The number of hydrogen-bond donors (Lipinski definition) is 1. The number of aryl methyl sites for hydroxylation is 2. The van der Waals surface area contributed by atoms with E-state index in [0.29, 0.717) is 10.6 Å². The first-order chi connectivity index (χ1) is 12.0. The van der Waals surface area contributed by atoms with E-state index in [1.54, 1.807) is 0 Å². The second kappa shape index (κ2) is 7.16. The fourth-order valence-corrected chi connectivity index (χ4v) is 3.30. The molecule has 0 atom stereocenters. The maximum atomic E-state index is 11.8. The van der Waals surface area contributed by atoms with Crippen molar-refractivity contribution in [3.8, 4) is 11.3 Å². The molecule has 3 nitrogen and oxygen atoms in total. The van der Waals surface area contributed by atoms with Crippen LogP contribution in [0.4, 0.5) is 0 Å². The molecule has 3 rings (SSSR count). The van der Waals surface area contributed by atoms with Crippen molar-refractivity contribution < 1.29 is 4.79 Å². The molecule has 0 aliphatic carbocycles. The number of carbonyl (C=O) groups excluding carboxylic acids is 1. The Morgan fingerprint density at radius 3 is 2.40 bits per heavy atom. The van der Waals surface area contributed by atoms with Gasteiger partial charge in [-0.2, -0.15) is 0 Å². The van der Waals surface area contributed by atoms with Crippen LogP contribution in [0.25, 0.3) is 11.3 Å². The first kappa shape index (κ1) is 17.3. The highest BCUT2D eigenvalue weighted by molar-refractivity contribution is 6.33. The molecule has 0 aliphatic rings. The first-order valence-electron chi connectivity index (χ1n) is 8.27. The lowest BCUT2D eigenvalue weighted by Crippen LogP contribution is -2.13. The largest absolute Gasteiger partial charge is 0.366 e. The van der Waals surface area contributed by atoms with Crippen LogP contribution in [0.15, 0.2) is 54.6 Å². The van der Waals surface area contributed by atoms with Crippen LogP contribution in [0.2, 0.25) is 5.02 Å². The fourth-order valence-electron chi connectivity index (χ4n) is 3.07. The van der Waals surface area contributed by atoms with Gasteiger partial charge in [0.15, 0.2) is 0 Å². The Balaban J connectivity index is 2.00. The van der Waals surface area contributed by atoms with Crippen LogP contribution < -0.4 is 5.73 Å². The van der Waals surface area contributed by atoms with Crippen LogP contribution in [0.5, 0.6) is 0 Å². The molecule has 0 aliphatic heterocycles. The molecule has 4 heteroatoms. The summed E-state index contributed by atoms with van der Waals surface area (Å²) >= 11 is 6.38. The number of aromatic nitrogens is 1. The minimum absolute atomic E-state index is 0.417. The van der Waals surface area contributed by atoms with E-state index in [2.05, 4.69) is 35.8 Å². The minimum atomic E-state index is -0.417. The van der Waals surface area contributed by atoms with Crippen LogP contribution >= 0.6 is 11.6 Å². The number of nitrogens with two attached hydrogens (primary N) is 1. The molecule has 0 spiro atoms. The lowest BCUT2D eigenvalue weighted by molar-refractivity contribution is 0.0999. The molecule has 0 saturated heterocycles. The quantitative estimate of drug-likeness (QED) is 0.706. The Kier molecular flexibility index (Phi) is 4.95. The molecular formula is C21H21ClN2O. The lowest BCUT2D eigenvalue weighted by atomic mass is 10.1. The number of carbonyl (C=O) groups is 1. The summed E-state index contributed by atoms with van der Waals surface area (Å²) in [6.07, 6.45) is 0.867. The summed E-state index contributed by atoms with van der Waals surface area (Å²) < 4.78 is 2.13. The van der Waals surface area contributed by atoms with Gasteiger partial charge in [0.2, 0.25) is 0 Å². The van der Waals surface area contributed by atoms with Gasteiger partial charge in [-0.15, -0.1) is 0 Å². The molecule has 0 unspecified atom stereocenters. The predicted molar refractivity (Wildman–Crippen MR) is 103 cm³/mol. The van der Waals surface area contributed by atoms with Crippen LogP contribution in [0.3, 0.4) is 0 Å². The second-order valence-corrected chi connectivity index (χ2v) is 6.67. The monoisotopic (exact) mass is 352 g/mol. The molecule has 2 aromatic carbocycles. The number of nitrogens with zero attached hydrogens (tertiary/aromatic N) is 1. The lowest BCUT2D eigenvalue weighted by Gasteiger charge is -2.13. The van der Waals surface area contributed by atoms with E-state index in [4.69, 9.17) is 17.3 Å². The van der Waals surface area contributed by atoms with Crippen molar-refractivity contribution >= 4 is 17.5 Å². The molecule has 3 aromatic rings. The van der Waals surface area contributed by atoms with Crippen molar-refractivity contribution in [2.75, 3.05) is 0 Å². The minimum Gasteiger partial charge on any atom is -0.366 e. The van der Waals surface area contributed by atoms with Gasteiger partial charge in [0.25, 0.3) is 5.91 Å². The molecule has 25 heavy (non-hydrogen) atoms. The van der Waals surface area contributed by atoms with Gasteiger partial charge >= 0.3 is 0 Å². The van der Waals surface area contributed by atoms with Gasteiger partial charge < -0.3 is 10.3 Å². The zero-order chi connectivity index (χ0) is 18.0. The SMILES string of the molecule is Cc1ccc(CCn2c(-c3ccccc3Cl)cc(C(N)=O)c2C)cc1. The highest BCUT2D eigenvalue weighted by Crippen LogP contribution is 2.31. The van der Waals surface area contributed by atoms with Gasteiger partial charge in [0, 0.05) is 22.8 Å². The number of rotatable bonds is 5. The summed E-state index contributed by atoms with van der Waals surface area (Å²) in [4.78, 5) is 11.8. The summed E-state index contributed by atoms with van der Waals surface area (Å²) in [5, 5.41) is 0.660. The Morgan fingerprint density at radius 1 is 1.08 bits per heavy atom. The van der Waals surface area contributed by atoms with Crippen molar-refractivity contribution in [3.63, 3.8) is 0 Å². The summed E-state index contributed by atoms with van der Waals surface area (Å²) in [6.45, 7) is 4.76. The molecule has 1 amide bonds. The topological polar surface area (TPSA) is 48.0 Å². The first-order valence-corrected chi connectivity index (χ1v) is 8.65. The predicted octanol–water partition coefficient (Wildman–Crippen LogP) is 4.77. The molecular weight excluding hydrogens is 332 g/mol. The van der Waals surface area contributed by atoms with E-state index in [9.17, 15) is 4.79 Å². The van der Waals surface area contributed by atoms with Crippen LogP contribution in [-0.2, 0) is 13.0 Å². The van der Waals surface area contributed by atoms with Crippen LogP contribution in [0, 0.1) is 13.8 Å². The van der Waals surface area contributed by atoms with Gasteiger partial charge in [-0.1, -0.05) is 59.6 Å². The van der Waals surface area contributed by atoms with E-state index in [-0.39, 0.29) is 0 Å². The van der Waals surface area contributed by atoms with Crippen LogP contribution in [0.1, 0.15) is 27.2 Å². The summed E-state index contributed by atoms with van der Waals surface area (Å²) in [7, 11) is 0. The molecule has 128 valence electrons. The molecule has 0 saturated carbocycles. The van der Waals surface area contributed by atoms with E-state index >= 15 is 0 Å². The molecule has 0 bridgehead atoms. The Hall–Kier alpha value is -2.52. The Labute approximate surface area is 153 Å². The van der Waals surface area contributed by atoms with Crippen molar-refractivity contribution in [2.24, 2.45) is 5.73 Å². The standard InChI is InChI=1S/C21H21ClN2O/c1-14-7-9-16(10-8-14)11-12-24-15(2)18(21(23)25)13-20(24)17-5-3-4-6-19(17)22/h3-10,13H,11-12H2,1-2H3,(H2,23,25). The van der Waals surface area contributed by atoms with Crippen molar-refractivity contribution in [2.45, 2.75) is 26.8 Å². The van der Waals surface area contributed by atoms with E-state index in [1.165, 1.54) is 11.1 Å². The van der Waals surface area contributed by atoms with Gasteiger partial charge in [-0.3, -0.25) is 4.79 Å². The molecule has 2 N–H and O–H groups in total. The number of amides is 1. The van der Waals surface area contributed by atoms with E-state index in [1.807, 2.05) is 37.3 Å². The van der Waals surface area contributed by atoms with Crippen molar-refractivity contribution in [1.29, 1.82) is 0 Å². The zero-order valence-electron chi connectivity index (χ0n) is 14.4. The van der Waals surface area contributed by atoms with Gasteiger partial charge in [-0.05, 0) is 38.0 Å². The van der Waals surface area contributed by atoms with E-state index < -0.39 is 5.91 Å². The third-order valence-electron chi connectivity index (χ3n) is 4.53. The second-order valence-electron chi connectivity index (χ2n) is 6.26. The molecule has 1 heterocycles. The average molecular weight is 353 g/mol. The smallest absolute Gasteiger partial charge is 0.250 e. The summed E-state index contributed by atoms with van der Waals surface area (Å²) in [5.74, 6) is -0.417. The zero-order valence-corrected chi connectivity index (χ0v) is 15.2. The Morgan fingerprint density at radius 2 is 1.76 bits per heavy atom. The average Bonchev–Trinajstić information content (AvgIpc) is 2.91. The van der Waals surface area contributed by atoms with Gasteiger partial charge in [-0.25, -0.2) is 0 Å². The highest BCUT2D eigenvalue weighted by Gasteiger charge is 2.18. The van der Waals surface area contributed by atoms with Crippen LogP contribution in [-0.4, -0.2) is 10.5 Å². The Bertz CT molecular complexity index is 910. The van der Waals surface area contributed by atoms with Crippen molar-refractivity contribution in [1.82, 2.24) is 4.57 Å². The normalized spacial score (nSPS) is 10.8. The van der Waals surface area contributed by atoms with E-state index in [0.717, 1.165) is 29.9 Å². The van der Waals surface area contributed by atoms with Gasteiger partial charge in [0.05, 0.1) is 11.3 Å². The third kappa shape index (κ3) is 3.62. The highest BCUT2D eigenvalue weighted by atomic mass is 35.5. The summed E-state index contributed by atoms with van der Waals surface area (Å²) in [5.41, 5.74) is 11.3. The molecule has 0 radical (unpaired) electrons. The summed E-state index contributed by atoms with van der Waals surface area (Å²) in [6, 6.07) is 18.0. The third-order valence-corrected chi connectivity index (χ3v) is 4.86. The maximum absolute atomic E-state index is 11.8. The number of hydrogen-bond acceptors (Lipinski definition) is 1. The van der Waals surface area contributed by atoms with Crippen molar-refractivity contribution in [3.05, 3.63) is 82.0 Å². The molecule has 1 aromatic heterocycles. The fraction of sp³-hybridized carbons (Fsp3) is 0.190. The number of halogens is 1. The number of primary amides is 1. The maximum Gasteiger partial charge on any atom is 0.250 e. The number of benzene rings is 2.